The first-order valence-corrected chi connectivity index (χ1v) is 4.40. The summed E-state index contributed by atoms with van der Waals surface area (Å²) in [5.74, 6) is 0.791. The second kappa shape index (κ2) is 3.45. The van der Waals surface area contributed by atoms with Gasteiger partial charge in [-0.2, -0.15) is 0 Å². The summed E-state index contributed by atoms with van der Waals surface area (Å²) in [7, 11) is 0. The first-order chi connectivity index (χ1) is 6.75. The molecule has 5 nitrogen and oxygen atoms in total. The lowest BCUT2D eigenvalue weighted by Crippen LogP contribution is -2.23. The second-order valence-electron chi connectivity index (χ2n) is 3.06. The van der Waals surface area contributed by atoms with Crippen LogP contribution in [0.4, 0.5) is 11.4 Å². The molecule has 74 valence electrons. The highest BCUT2D eigenvalue weighted by Crippen LogP contribution is 2.25. The number of rotatable bonds is 1. The Balaban J connectivity index is 2.24. The number of nitrogen functional groups attached to an aromatic ring is 1. The Hall–Kier alpha value is -1.91. The van der Waals surface area contributed by atoms with E-state index < -0.39 is 0 Å². The summed E-state index contributed by atoms with van der Waals surface area (Å²) in [6.45, 7) is 1.75. The fraction of sp³-hybridized carbons (Fsp3) is 0.222. The highest BCUT2D eigenvalue weighted by molar-refractivity contribution is 5.84. The van der Waals surface area contributed by atoms with Crippen LogP contribution in [0.2, 0.25) is 0 Å². The molecule has 0 unspecified atom stereocenters. The monoisotopic (exact) mass is 192 g/mol. The molecule has 1 aromatic carbocycles. The van der Waals surface area contributed by atoms with Crippen molar-refractivity contribution in [3.05, 3.63) is 18.2 Å². The molecule has 0 aliphatic carbocycles. The Morgan fingerprint density at radius 3 is 2.64 bits per heavy atom. The van der Waals surface area contributed by atoms with E-state index in [2.05, 4.69) is 15.6 Å². The largest absolute Gasteiger partial charge is 0.506 e. The summed E-state index contributed by atoms with van der Waals surface area (Å²) in [6.07, 6.45) is 0. The zero-order valence-electron chi connectivity index (χ0n) is 7.62. The standard InChI is InChI=1S/C9H12N4O/c10-7-2-1-6(5-8(7)14)13-9-11-3-4-12-9/h1-2,5,14H,3-4,10H2,(H2,11,12,13). The van der Waals surface area contributed by atoms with Gasteiger partial charge in [-0.15, -0.1) is 0 Å². The van der Waals surface area contributed by atoms with Crippen LogP contribution >= 0.6 is 0 Å². The van der Waals surface area contributed by atoms with Gasteiger partial charge in [-0.1, -0.05) is 0 Å². The fourth-order valence-electron chi connectivity index (χ4n) is 1.23. The molecular weight excluding hydrogens is 180 g/mol. The zero-order valence-corrected chi connectivity index (χ0v) is 7.62. The van der Waals surface area contributed by atoms with E-state index in [1.54, 1.807) is 12.1 Å². The third-order valence-electron chi connectivity index (χ3n) is 1.96. The lowest BCUT2D eigenvalue weighted by molar-refractivity contribution is 0.478. The van der Waals surface area contributed by atoms with Gasteiger partial charge < -0.3 is 21.5 Å². The fourth-order valence-corrected chi connectivity index (χ4v) is 1.23. The van der Waals surface area contributed by atoms with Crippen LogP contribution in [-0.4, -0.2) is 24.2 Å². The normalized spacial score (nSPS) is 14.7. The van der Waals surface area contributed by atoms with Crippen molar-refractivity contribution in [3.63, 3.8) is 0 Å². The van der Waals surface area contributed by atoms with E-state index in [0.29, 0.717) is 11.4 Å². The van der Waals surface area contributed by atoms with E-state index in [9.17, 15) is 5.11 Å². The molecular formula is C9H12N4O. The number of nitrogens with two attached hydrogens (primary N) is 1. The average Bonchev–Trinajstić information content (AvgIpc) is 2.64. The molecule has 1 fully saturated rings. The number of nitrogens with one attached hydrogen (secondary N) is 2. The predicted molar refractivity (Wildman–Crippen MR) is 55.6 cm³/mol. The van der Waals surface area contributed by atoms with E-state index in [4.69, 9.17) is 5.73 Å². The van der Waals surface area contributed by atoms with E-state index in [0.717, 1.165) is 19.0 Å². The molecule has 1 heterocycles. The lowest BCUT2D eigenvalue weighted by Gasteiger charge is -2.01. The smallest absolute Gasteiger partial charge is 0.196 e. The van der Waals surface area contributed by atoms with Crippen LogP contribution in [0, 0.1) is 0 Å². The van der Waals surface area contributed by atoms with Crippen molar-refractivity contribution in [1.82, 2.24) is 10.6 Å². The Morgan fingerprint density at radius 2 is 2.00 bits per heavy atom. The maximum atomic E-state index is 9.34. The Morgan fingerprint density at radius 1 is 1.29 bits per heavy atom. The van der Waals surface area contributed by atoms with E-state index >= 15 is 0 Å². The highest BCUT2D eigenvalue weighted by atomic mass is 16.3. The van der Waals surface area contributed by atoms with Crippen molar-refractivity contribution in [3.8, 4) is 5.75 Å². The Bertz CT molecular complexity index is 367. The van der Waals surface area contributed by atoms with Gasteiger partial charge in [0.25, 0.3) is 0 Å². The Labute approximate surface area is 81.6 Å². The minimum Gasteiger partial charge on any atom is -0.506 e. The molecule has 14 heavy (non-hydrogen) atoms. The van der Waals surface area contributed by atoms with Crippen molar-refractivity contribution in [2.24, 2.45) is 4.99 Å². The lowest BCUT2D eigenvalue weighted by atomic mass is 10.2. The molecule has 1 aliphatic rings. The molecule has 2 rings (SSSR count). The molecule has 0 atom stereocenters. The van der Waals surface area contributed by atoms with Crippen molar-refractivity contribution in [2.75, 3.05) is 18.8 Å². The van der Waals surface area contributed by atoms with E-state index in [1.807, 2.05) is 0 Å². The van der Waals surface area contributed by atoms with Gasteiger partial charge in [-0.25, -0.2) is 4.99 Å². The van der Waals surface area contributed by atoms with Crippen LogP contribution in [0.1, 0.15) is 0 Å². The minimum atomic E-state index is 0.0600. The quantitative estimate of drug-likeness (QED) is 0.377. The Kier molecular flexibility index (Phi) is 2.14. The van der Waals surface area contributed by atoms with Gasteiger partial charge >= 0.3 is 0 Å². The van der Waals surface area contributed by atoms with Crippen molar-refractivity contribution in [1.29, 1.82) is 0 Å². The number of phenols is 1. The number of aromatic hydroxyl groups is 1. The van der Waals surface area contributed by atoms with Gasteiger partial charge in [-0.3, -0.25) is 0 Å². The summed E-state index contributed by atoms with van der Waals surface area (Å²) in [5, 5.41) is 15.5. The number of aliphatic imine (C=N–C) groups is 1. The van der Waals surface area contributed by atoms with Gasteiger partial charge in [0.05, 0.1) is 11.4 Å². The SMILES string of the molecule is Nc1ccc(N=C2NCCN2)cc1O. The number of benzene rings is 1. The molecule has 1 saturated heterocycles. The van der Waals surface area contributed by atoms with Gasteiger partial charge in [0.15, 0.2) is 5.96 Å². The summed E-state index contributed by atoms with van der Waals surface area (Å²) in [5.41, 5.74) is 6.50. The molecule has 5 N–H and O–H groups in total. The van der Waals surface area contributed by atoms with Crippen LogP contribution in [-0.2, 0) is 0 Å². The predicted octanol–water partition coefficient (Wildman–Crippen LogP) is 0.155. The molecule has 0 saturated carbocycles. The van der Waals surface area contributed by atoms with Crippen LogP contribution in [0.15, 0.2) is 23.2 Å². The van der Waals surface area contributed by atoms with Gasteiger partial charge in [0.2, 0.25) is 0 Å². The van der Waals surface area contributed by atoms with Crippen LogP contribution < -0.4 is 16.4 Å². The number of phenolic OH excluding ortho intramolecular Hbond substituents is 1. The summed E-state index contributed by atoms with van der Waals surface area (Å²) >= 11 is 0. The number of anilines is 1. The van der Waals surface area contributed by atoms with Crippen LogP contribution in [0.3, 0.4) is 0 Å². The first-order valence-electron chi connectivity index (χ1n) is 4.40. The molecule has 0 aromatic heterocycles. The third-order valence-corrected chi connectivity index (χ3v) is 1.96. The van der Waals surface area contributed by atoms with Crippen molar-refractivity contribution >= 4 is 17.3 Å². The number of nitrogens with zero attached hydrogens (tertiary/aromatic N) is 1. The zero-order chi connectivity index (χ0) is 9.97. The average molecular weight is 192 g/mol. The van der Waals surface area contributed by atoms with Crippen LogP contribution in [0.5, 0.6) is 5.75 Å². The number of hydrogen-bond acceptors (Lipinski definition) is 3. The number of guanidine groups is 1. The molecule has 1 aromatic rings. The van der Waals surface area contributed by atoms with Crippen molar-refractivity contribution in [2.45, 2.75) is 0 Å². The molecule has 0 spiro atoms. The molecule has 0 radical (unpaired) electrons. The van der Waals surface area contributed by atoms with Crippen LogP contribution in [0.25, 0.3) is 0 Å². The molecule has 1 aliphatic heterocycles. The minimum absolute atomic E-state index is 0.0600. The summed E-state index contributed by atoms with van der Waals surface area (Å²) in [4.78, 5) is 4.24. The second-order valence-corrected chi connectivity index (χ2v) is 3.06. The third kappa shape index (κ3) is 1.71. The van der Waals surface area contributed by atoms with E-state index in [-0.39, 0.29) is 5.75 Å². The highest BCUT2D eigenvalue weighted by Gasteiger charge is 2.05. The van der Waals surface area contributed by atoms with Gasteiger partial charge in [0.1, 0.15) is 5.75 Å². The van der Waals surface area contributed by atoms with Crippen molar-refractivity contribution < 1.29 is 5.11 Å². The van der Waals surface area contributed by atoms with Gasteiger partial charge in [0, 0.05) is 19.2 Å². The van der Waals surface area contributed by atoms with E-state index in [1.165, 1.54) is 6.07 Å². The topological polar surface area (TPSA) is 82.7 Å². The maximum Gasteiger partial charge on any atom is 0.196 e. The summed E-state index contributed by atoms with van der Waals surface area (Å²) in [6, 6.07) is 4.91. The first kappa shape index (κ1) is 8.68. The number of hydrogen-bond donors (Lipinski definition) is 4. The summed E-state index contributed by atoms with van der Waals surface area (Å²) < 4.78 is 0. The molecule has 0 amide bonds. The maximum absolute atomic E-state index is 9.34. The van der Waals surface area contributed by atoms with Gasteiger partial charge in [-0.05, 0) is 12.1 Å². The molecule has 5 heteroatoms. The molecule has 0 bridgehead atoms.